The molecule has 3 rings (SSSR count). The molecule has 0 aliphatic carbocycles. The molecule has 1 aromatic heterocycles. The third kappa shape index (κ3) is 4.88. The zero-order chi connectivity index (χ0) is 18.6. The minimum atomic E-state index is -0.221. The largest absolute Gasteiger partial charge is 0.488 e. The smallest absolute Gasteiger partial charge is 0.224 e. The van der Waals surface area contributed by atoms with Gasteiger partial charge in [0.05, 0.1) is 6.42 Å². The quantitative estimate of drug-likeness (QED) is 0.698. The van der Waals surface area contributed by atoms with Gasteiger partial charge in [-0.3, -0.25) is 4.79 Å². The van der Waals surface area contributed by atoms with Gasteiger partial charge in [0.15, 0.2) is 0 Å². The van der Waals surface area contributed by atoms with Gasteiger partial charge in [0.25, 0.3) is 0 Å². The highest BCUT2D eigenvalue weighted by molar-refractivity contribution is 5.83. The lowest BCUT2D eigenvalue weighted by Gasteiger charge is -2.21. The number of H-pyrrole nitrogens is 1. The molecule has 2 N–H and O–H groups in total. The first-order valence-corrected chi connectivity index (χ1v) is 9.00. The lowest BCUT2D eigenvalue weighted by Crippen LogP contribution is -2.27. The van der Waals surface area contributed by atoms with Gasteiger partial charge < -0.3 is 15.0 Å². The molecule has 0 atom stereocenters. The van der Waals surface area contributed by atoms with Crippen LogP contribution in [-0.4, -0.2) is 23.0 Å². The molecule has 0 fully saturated rings. The number of para-hydroxylation sites is 1. The van der Waals surface area contributed by atoms with Gasteiger partial charge in [0.2, 0.25) is 5.91 Å². The van der Waals surface area contributed by atoms with E-state index in [2.05, 4.69) is 22.4 Å². The second-order valence-corrected chi connectivity index (χ2v) is 7.49. The van der Waals surface area contributed by atoms with Crippen molar-refractivity contribution in [3.8, 4) is 5.75 Å². The Morgan fingerprint density at radius 1 is 1.08 bits per heavy atom. The molecule has 1 heterocycles. The Kier molecular flexibility index (Phi) is 5.31. The number of amides is 1. The summed E-state index contributed by atoms with van der Waals surface area (Å²) in [6, 6.07) is 15.9. The van der Waals surface area contributed by atoms with Crippen molar-refractivity contribution in [2.75, 3.05) is 6.54 Å². The predicted octanol–water partition coefficient (Wildman–Crippen LogP) is 4.25. The van der Waals surface area contributed by atoms with Crippen molar-refractivity contribution >= 4 is 16.8 Å². The molecule has 0 spiro atoms. The van der Waals surface area contributed by atoms with Crippen molar-refractivity contribution in [3.63, 3.8) is 0 Å². The third-order valence-corrected chi connectivity index (χ3v) is 4.10. The summed E-state index contributed by atoms with van der Waals surface area (Å²) in [6.45, 7) is 6.68. The lowest BCUT2D eigenvalue weighted by molar-refractivity contribution is -0.120. The number of rotatable bonds is 6. The highest BCUT2D eigenvalue weighted by atomic mass is 16.5. The van der Waals surface area contributed by atoms with E-state index in [4.69, 9.17) is 4.74 Å². The minimum Gasteiger partial charge on any atom is -0.488 e. The first-order chi connectivity index (χ1) is 12.4. The molecule has 0 radical (unpaired) electrons. The summed E-state index contributed by atoms with van der Waals surface area (Å²) in [6.07, 6.45) is 3.21. The van der Waals surface area contributed by atoms with Crippen LogP contribution in [0, 0.1) is 0 Å². The van der Waals surface area contributed by atoms with E-state index in [0.717, 1.165) is 23.3 Å². The molecular weight excluding hydrogens is 324 g/mol. The zero-order valence-electron chi connectivity index (χ0n) is 15.6. The monoisotopic (exact) mass is 350 g/mol. The van der Waals surface area contributed by atoms with Crippen LogP contribution < -0.4 is 10.1 Å². The van der Waals surface area contributed by atoms with E-state index in [1.54, 1.807) is 0 Å². The van der Waals surface area contributed by atoms with Crippen LogP contribution in [-0.2, 0) is 17.6 Å². The summed E-state index contributed by atoms with van der Waals surface area (Å²) in [5.74, 6) is 0.857. The maximum absolute atomic E-state index is 12.2. The Morgan fingerprint density at radius 2 is 1.81 bits per heavy atom. The number of hydrogen-bond acceptors (Lipinski definition) is 2. The molecule has 1 amide bonds. The number of carbonyl (C=O) groups excluding carboxylic acids is 1. The van der Waals surface area contributed by atoms with E-state index >= 15 is 0 Å². The summed E-state index contributed by atoms with van der Waals surface area (Å²) in [5.41, 5.74) is 3.12. The Morgan fingerprint density at radius 3 is 2.54 bits per heavy atom. The fourth-order valence-electron chi connectivity index (χ4n) is 2.95. The van der Waals surface area contributed by atoms with Crippen molar-refractivity contribution in [1.82, 2.24) is 10.3 Å². The van der Waals surface area contributed by atoms with Gasteiger partial charge in [-0.05, 0) is 56.5 Å². The summed E-state index contributed by atoms with van der Waals surface area (Å²) in [7, 11) is 0. The summed E-state index contributed by atoms with van der Waals surface area (Å²) < 4.78 is 5.80. The van der Waals surface area contributed by atoms with Gasteiger partial charge in [-0.25, -0.2) is 0 Å². The highest BCUT2D eigenvalue weighted by Gasteiger charge is 2.12. The van der Waals surface area contributed by atoms with Crippen LogP contribution in [0.4, 0.5) is 0 Å². The molecule has 4 nitrogen and oxygen atoms in total. The number of benzene rings is 2. The maximum atomic E-state index is 12.2. The number of fused-ring (bicyclic) bond motifs is 1. The summed E-state index contributed by atoms with van der Waals surface area (Å²) >= 11 is 0. The zero-order valence-corrected chi connectivity index (χ0v) is 15.6. The number of ether oxygens (including phenoxy) is 1. The van der Waals surface area contributed by atoms with Gasteiger partial charge in [0, 0.05) is 23.6 Å². The topological polar surface area (TPSA) is 54.1 Å². The Labute approximate surface area is 154 Å². The van der Waals surface area contributed by atoms with E-state index in [-0.39, 0.29) is 11.5 Å². The highest BCUT2D eigenvalue weighted by Crippen LogP contribution is 2.19. The van der Waals surface area contributed by atoms with Gasteiger partial charge in [-0.15, -0.1) is 0 Å². The molecule has 2 aromatic carbocycles. The fourth-order valence-corrected chi connectivity index (χ4v) is 2.95. The van der Waals surface area contributed by atoms with Crippen molar-refractivity contribution in [1.29, 1.82) is 0 Å². The van der Waals surface area contributed by atoms with Gasteiger partial charge >= 0.3 is 0 Å². The molecule has 4 heteroatoms. The van der Waals surface area contributed by atoms with E-state index in [0.29, 0.717) is 13.0 Å². The van der Waals surface area contributed by atoms with Crippen LogP contribution >= 0.6 is 0 Å². The summed E-state index contributed by atoms with van der Waals surface area (Å²) in [4.78, 5) is 15.4. The van der Waals surface area contributed by atoms with Crippen LogP contribution in [0.25, 0.3) is 10.9 Å². The van der Waals surface area contributed by atoms with E-state index in [9.17, 15) is 4.79 Å². The average molecular weight is 350 g/mol. The van der Waals surface area contributed by atoms with Crippen LogP contribution in [0.5, 0.6) is 5.75 Å². The molecule has 26 heavy (non-hydrogen) atoms. The van der Waals surface area contributed by atoms with Crippen LogP contribution in [0.1, 0.15) is 31.9 Å². The summed E-state index contributed by atoms with van der Waals surface area (Å²) in [5, 5.41) is 4.22. The number of aromatic nitrogens is 1. The molecular formula is C22H26N2O2. The van der Waals surface area contributed by atoms with Crippen LogP contribution in [0.3, 0.4) is 0 Å². The Balaban J connectivity index is 1.48. The molecule has 0 unspecified atom stereocenters. The standard InChI is InChI=1S/C22H26N2O2/c1-22(2,3)26-18-10-8-16(9-11-18)14-21(25)23-13-12-17-15-24-20-7-5-4-6-19(17)20/h4-11,15,24H,12-14H2,1-3H3,(H,23,25). The SMILES string of the molecule is CC(C)(C)Oc1ccc(CC(=O)NCCc2c[nH]c3ccccc23)cc1. The van der Waals surface area contributed by atoms with Gasteiger partial charge in [0.1, 0.15) is 11.4 Å². The average Bonchev–Trinajstić information content (AvgIpc) is 2.99. The van der Waals surface area contributed by atoms with E-state index in [1.807, 2.05) is 63.4 Å². The third-order valence-electron chi connectivity index (χ3n) is 4.10. The van der Waals surface area contributed by atoms with Gasteiger partial charge in [-0.2, -0.15) is 0 Å². The molecule has 0 aliphatic heterocycles. The van der Waals surface area contributed by atoms with Crippen molar-refractivity contribution in [3.05, 3.63) is 65.9 Å². The number of nitrogens with one attached hydrogen (secondary N) is 2. The molecule has 3 aromatic rings. The molecule has 0 aliphatic rings. The number of hydrogen-bond donors (Lipinski definition) is 2. The second kappa shape index (κ2) is 7.65. The second-order valence-electron chi connectivity index (χ2n) is 7.49. The van der Waals surface area contributed by atoms with Crippen molar-refractivity contribution < 1.29 is 9.53 Å². The molecule has 0 saturated carbocycles. The van der Waals surface area contributed by atoms with Gasteiger partial charge in [-0.1, -0.05) is 30.3 Å². The van der Waals surface area contributed by atoms with Crippen LogP contribution in [0.2, 0.25) is 0 Å². The van der Waals surface area contributed by atoms with E-state index < -0.39 is 0 Å². The number of carbonyl (C=O) groups is 1. The first kappa shape index (κ1) is 18.1. The minimum absolute atomic E-state index is 0.0364. The Bertz CT molecular complexity index is 873. The predicted molar refractivity (Wildman–Crippen MR) is 106 cm³/mol. The van der Waals surface area contributed by atoms with E-state index in [1.165, 1.54) is 10.9 Å². The first-order valence-electron chi connectivity index (χ1n) is 9.00. The Hall–Kier alpha value is -2.75. The maximum Gasteiger partial charge on any atom is 0.224 e. The number of aromatic amines is 1. The molecule has 136 valence electrons. The van der Waals surface area contributed by atoms with Crippen molar-refractivity contribution in [2.24, 2.45) is 0 Å². The molecule has 0 bridgehead atoms. The lowest BCUT2D eigenvalue weighted by atomic mass is 10.1. The van der Waals surface area contributed by atoms with Crippen LogP contribution in [0.15, 0.2) is 54.7 Å². The molecule has 0 saturated heterocycles. The normalized spacial score (nSPS) is 11.5. The fraction of sp³-hybridized carbons (Fsp3) is 0.318. The van der Waals surface area contributed by atoms with Crippen molar-refractivity contribution in [2.45, 2.75) is 39.2 Å².